The fourth-order valence-electron chi connectivity index (χ4n) is 1.67. The van der Waals surface area contributed by atoms with Crippen LogP contribution in [0, 0.1) is 6.92 Å². The summed E-state index contributed by atoms with van der Waals surface area (Å²) in [5, 5.41) is 17.6. The summed E-state index contributed by atoms with van der Waals surface area (Å²) in [4.78, 5) is 9.87. The quantitative estimate of drug-likeness (QED) is 0.773. The van der Waals surface area contributed by atoms with E-state index in [1.165, 1.54) is 0 Å². The number of carbonyl (C=O) groups is 1. The molecule has 0 fully saturated rings. The summed E-state index contributed by atoms with van der Waals surface area (Å²) in [6.45, 7) is 8.18. The molecule has 1 aromatic rings. The number of unbranched alkanes of at least 4 members (excludes halogenated alkanes) is 2. The molecule has 0 unspecified atom stereocenters. The Labute approximate surface area is 116 Å². The van der Waals surface area contributed by atoms with E-state index in [0.717, 1.165) is 30.4 Å². The van der Waals surface area contributed by atoms with E-state index in [0.29, 0.717) is 18.1 Å². The van der Waals surface area contributed by atoms with Gasteiger partial charge in [0.25, 0.3) is 0 Å². The van der Waals surface area contributed by atoms with Gasteiger partial charge in [0.15, 0.2) is 0 Å². The van der Waals surface area contributed by atoms with Crippen LogP contribution in [0.5, 0.6) is 5.75 Å². The van der Waals surface area contributed by atoms with E-state index in [9.17, 15) is 9.90 Å². The number of phenolic OH excluding ortho intramolecular Hbond substituents is 1. The lowest BCUT2D eigenvalue weighted by molar-refractivity contribution is -0.137. The van der Waals surface area contributed by atoms with Gasteiger partial charge in [-0.1, -0.05) is 45.7 Å². The molecule has 0 saturated heterocycles. The number of benzene rings is 1. The van der Waals surface area contributed by atoms with Crippen molar-refractivity contribution < 1.29 is 15.0 Å². The van der Waals surface area contributed by atoms with Crippen LogP contribution in [0.3, 0.4) is 0 Å². The average molecular weight is 266 g/mol. The third-order valence-electron chi connectivity index (χ3n) is 2.80. The van der Waals surface area contributed by atoms with Crippen LogP contribution in [0.2, 0.25) is 0 Å². The summed E-state index contributed by atoms with van der Waals surface area (Å²) < 4.78 is 0. The number of aromatic hydroxyl groups is 1. The molecular weight excluding hydrogens is 240 g/mol. The van der Waals surface area contributed by atoms with Crippen LogP contribution < -0.4 is 0 Å². The molecule has 0 aliphatic carbocycles. The molecule has 3 heteroatoms. The van der Waals surface area contributed by atoms with Crippen LogP contribution >= 0.6 is 0 Å². The molecule has 0 atom stereocenters. The van der Waals surface area contributed by atoms with E-state index < -0.39 is 5.97 Å². The lowest BCUT2D eigenvalue weighted by Crippen LogP contribution is -1.92. The minimum absolute atomic E-state index is 0.327. The number of hydrogen-bond donors (Lipinski definition) is 2. The molecule has 0 aliphatic rings. The Balaban J connectivity index is 0.000000362. The second-order valence-corrected chi connectivity index (χ2v) is 5.07. The number of carboxylic acids is 1. The van der Waals surface area contributed by atoms with Gasteiger partial charge in [0.1, 0.15) is 5.75 Å². The average Bonchev–Trinajstić information content (AvgIpc) is 2.29. The van der Waals surface area contributed by atoms with Gasteiger partial charge >= 0.3 is 5.97 Å². The molecule has 0 amide bonds. The van der Waals surface area contributed by atoms with E-state index in [1.807, 2.05) is 19.1 Å². The lowest BCUT2D eigenvalue weighted by atomic mass is 10.0. The van der Waals surface area contributed by atoms with Crippen molar-refractivity contribution in [2.75, 3.05) is 0 Å². The molecule has 3 nitrogen and oxygen atoms in total. The van der Waals surface area contributed by atoms with Crippen molar-refractivity contribution >= 4 is 5.97 Å². The molecule has 0 aromatic heterocycles. The molecule has 0 aliphatic heterocycles. The molecule has 19 heavy (non-hydrogen) atoms. The zero-order valence-electron chi connectivity index (χ0n) is 12.4. The Morgan fingerprint density at radius 2 is 1.89 bits per heavy atom. The van der Waals surface area contributed by atoms with Crippen LogP contribution in [-0.4, -0.2) is 16.2 Å². The van der Waals surface area contributed by atoms with Crippen LogP contribution in [0.25, 0.3) is 0 Å². The van der Waals surface area contributed by atoms with E-state index >= 15 is 0 Å². The Bertz CT molecular complexity index is 384. The van der Waals surface area contributed by atoms with Crippen LogP contribution in [0.1, 0.15) is 63.5 Å². The Kier molecular flexibility index (Phi) is 8.68. The molecule has 0 radical (unpaired) electrons. The maximum absolute atomic E-state index is 9.87. The molecule has 1 rings (SSSR count). The minimum Gasteiger partial charge on any atom is -0.508 e. The van der Waals surface area contributed by atoms with Crippen molar-refractivity contribution in [1.82, 2.24) is 0 Å². The lowest BCUT2D eigenvalue weighted by Gasteiger charge is -2.07. The number of phenols is 1. The molecule has 0 bridgehead atoms. The van der Waals surface area contributed by atoms with E-state index in [-0.39, 0.29) is 0 Å². The summed E-state index contributed by atoms with van der Waals surface area (Å²) in [5.41, 5.74) is 2.13. The molecule has 0 spiro atoms. The monoisotopic (exact) mass is 266 g/mol. The van der Waals surface area contributed by atoms with E-state index in [1.54, 1.807) is 6.07 Å². The van der Waals surface area contributed by atoms with Gasteiger partial charge in [0.2, 0.25) is 0 Å². The van der Waals surface area contributed by atoms with Gasteiger partial charge in [0, 0.05) is 6.42 Å². The largest absolute Gasteiger partial charge is 0.508 e. The first kappa shape index (κ1) is 17.5. The van der Waals surface area contributed by atoms with Crippen LogP contribution in [0.15, 0.2) is 18.2 Å². The molecule has 1 aromatic carbocycles. The van der Waals surface area contributed by atoms with Gasteiger partial charge in [-0.05, 0) is 36.5 Å². The minimum atomic E-state index is -0.682. The highest BCUT2D eigenvalue weighted by Crippen LogP contribution is 2.25. The van der Waals surface area contributed by atoms with E-state index in [2.05, 4.69) is 20.8 Å². The van der Waals surface area contributed by atoms with Gasteiger partial charge in [0.05, 0.1) is 0 Å². The zero-order chi connectivity index (χ0) is 14.8. The number of carboxylic acid groups (broad SMARTS) is 1. The first-order valence-electron chi connectivity index (χ1n) is 6.89. The van der Waals surface area contributed by atoms with Crippen molar-refractivity contribution in [2.24, 2.45) is 0 Å². The highest BCUT2D eigenvalue weighted by molar-refractivity contribution is 5.66. The third kappa shape index (κ3) is 8.25. The van der Waals surface area contributed by atoms with Gasteiger partial charge in [-0.2, -0.15) is 0 Å². The fourth-order valence-corrected chi connectivity index (χ4v) is 1.67. The standard InChI is InChI=1S/C10H14O.C6H12O2/c1-7(2)9-5-4-8(3)6-10(9)11;1-2-3-4-5-6(7)8/h4-7,11H,1-3H3;2-5H2,1H3,(H,7,8). The number of hydrogen-bond acceptors (Lipinski definition) is 2. The van der Waals surface area contributed by atoms with Gasteiger partial charge in [-0.25, -0.2) is 0 Å². The number of rotatable bonds is 5. The normalized spacial score (nSPS) is 9.95. The zero-order valence-corrected chi connectivity index (χ0v) is 12.4. The van der Waals surface area contributed by atoms with E-state index in [4.69, 9.17) is 5.11 Å². The summed E-state index contributed by atoms with van der Waals surface area (Å²) in [5.74, 6) is 0.133. The summed E-state index contributed by atoms with van der Waals surface area (Å²) >= 11 is 0. The number of aryl methyl sites for hydroxylation is 1. The molecular formula is C16H26O3. The topological polar surface area (TPSA) is 57.5 Å². The Morgan fingerprint density at radius 1 is 1.26 bits per heavy atom. The highest BCUT2D eigenvalue weighted by Gasteiger charge is 2.03. The second kappa shape index (κ2) is 9.42. The Hall–Kier alpha value is -1.51. The first-order chi connectivity index (χ1) is 8.88. The molecule has 2 N–H and O–H groups in total. The molecule has 108 valence electrons. The predicted octanol–water partition coefficient (Wildman–Crippen LogP) is 4.48. The predicted molar refractivity (Wildman–Crippen MR) is 78.7 cm³/mol. The van der Waals surface area contributed by atoms with Gasteiger partial charge < -0.3 is 10.2 Å². The maximum atomic E-state index is 9.87. The summed E-state index contributed by atoms with van der Waals surface area (Å²) in [6.07, 6.45) is 3.28. The van der Waals surface area contributed by atoms with Crippen molar-refractivity contribution in [3.8, 4) is 5.75 Å². The number of aliphatic carboxylic acids is 1. The summed E-state index contributed by atoms with van der Waals surface area (Å²) in [7, 11) is 0. The first-order valence-corrected chi connectivity index (χ1v) is 6.89. The highest BCUT2D eigenvalue weighted by atomic mass is 16.4. The van der Waals surface area contributed by atoms with Crippen LogP contribution in [0.4, 0.5) is 0 Å². The summed E-state index contributed by atoms with van der Waals surface area (Å²) in [6, 6.07) is 5.81. The Morgan fingerprint density at radius 3 is 2.32 bits per heavy atom. The van der Waals surface area contributed by atoms with Crippen molar-refractivity contribution in [1.29, 1.82) is 0 Å². The van der Waals surface area contributed by atoms with Gasteiger partial charge in [-0.15, -0.1) is 0 Å². The maximum Gasteiger partial charge on any atom is 0.303 e. The smallest absolute Gasteiger partial charge is 0.303 e. The van der Waals surface area contributed by atoms with Crippen molar-refractivity contribution in [3.05, 3.63) is 29.3 Å². The third-order valence-corrected chi connectivity index (χ3v) is 2.80. The molecule has 0 saturated carbocycles. The molecule has 0 heterocycles. The van der Waals surface area contributed by atoms with Gasteiger partial charge in [-0.3, -0.25) is 4.79 Å². The SMILES string of the molecule is CCCCCC(=O)O.Cc1ccc(C(C)C)c(O)c1. The fraction of sp³-hybridized carbons (Fsp3) is 0.562. The van der Waals surface area contributed by atoms with Crippen LogP contribution in [-0.2, 0) is 4.79 Å². The second-order valence-electron chi connectivity index (χ2n) is 5.07. The van der Waals surface area contributed by atoms with Crippen molar-refractivity contribution in [2.45, 2.75) is 59.3 Å². The van der Waals surface area contributed by atoms with Crippen molar-refractivity contribution in [3.63, 3.8) is 0 Å².